The number of hydrogen-bond acceptors (Lipinski definition) is 1. The van der Waals surface area contributed by atoms with Crippen LogP contribution < -0.4 is 5.32 Å². The molecular formula is C24H37N. The number of rotatable bonds is 6. The maximum absolute atomic E-state index is 3.30. The smallest absolute Gasteiger partial charge is 0.00519 e. The quantitative estimate of drug-likeness (QED) is 0.633. The minimum absolute atomic E-state index is 0.665. The molecule has 0 radical (unpaired) electrons. The van der Waals surface area contributed by atoms with Crippen LogP contribution in [0.1, 0.15) is 81.8 Å². The zero-order chi connectivity index (χ0) is 17.3. The summed E-state index contributed by atoms with van der Waals surface area (Å²) in [7, 11) is 2.08. The average molecular weight is 340 g/mol. The number of unbranched alkanes of at least 4 members (excludes halogenated alkanes) is 2. The van der Waals surface area contributed by atoms with Crippen LogP contribution in [0, 0.1) is 23.2 Å². The molecule has 4 rings (SSSR count). The molecule has 1 aromatic rings. The predicted octanol–water partition coefficient (Wildman–Crippen LogP) is 5.94. The van der Waals surface area contributed by atoms with Gasteiger partial charge in [0.2, 0.25) is 0 Å². The largest absolute Gasteiger partial charge is 0.320 e. The fourth-order valence-corrected chi connectivity index (χ4v) is 6.89. The Kier molecular flexibility index (Phi) is 5.23. The van der Waals surface area contributed by atoms with Crippen LogP contribution in [0.3, 0.4) is 0 Å². The molecule has 0 aromatic heterocycles. The van der Waals surface area contributed by atoms with Crippen molar-refractivity contribution in [3.05, 3.63) is 35.4 Å². The van der Waals surface area contributed by atoms with Gasteiger partial charge in [0, 0.05) is 0 Å². The van der Waals surface area contributed by atoms with Crippen LogP contribution in [0.2, 0.25) is 0 Å². The lowest BCUT2D eigenvalue weighted by Crippen LogP contribution is -2.44. The van der Waals surface area contributed by atoms with Gasteiger partial charge in [-0.15, -0.1) is 0 Å². The maximum atomic E-state index is 3.30. The van der Waals surface area contributed by atoms with Gasteiger partial charge in [0.25, 0.3) is 0 Å². The van der Waals surface area contributed by atoms with Gasteiger partial charge in [-0.3, -0.25) is 0 Å². The fourth-order valence-electron chi connectivity index (χ4n) is 6.89. The topological polar surface area (TPSA) is 12.0 Å². The van der Waals surface area contributed by atoms with E-state index in [1.54, 1.807) is 11.1 Å². The molecule has 25 heavy (non-hydrogen) atoms. The molecule has 0 unspecified atom stereocenters. The minimum Gasteiger partial charge on any atom is -0.320 e. The lowest BCUT2D eigenvalue weighted by Gasteiger charge is -2.52. The van der Waals surface area contributed by atoms with Crippen molar-refractivity contribution in [1.82, 2.24) is 5.32 Å². The SMILES string of the molecule is CNCCCCC[C@@H]1Cc2ccccc2[C@H]2CC[C@]3(C)CCC[C@H]3[C@H]12. The van der Waals surface area contributed by atoms with Gasteiger partial charge < -0.3 is 5.32 Å². The third-order valence-electron chi connectivity index (χ3n) is 8.10. The molecule has 1 N–H and O–H groups in total. The van der Waals surface area contributed by atoms with E-state index >= 15 is 0 Å². The number of hydrogen-bond donors (Lipinski definition) is 1. The van der Waals surface area contributed by atoms with Gasteiger partial charge in [-0.05, 0) is 98.8 Å². The first-order valence-corrected chi connectivity index (χ1v) is 11.0. The van der Waals surface area contributed by atoms with Crippen LogP contribution in [-0.2, 0) is 6.42 Å². The van der Waals surface area contributed by atoms with Gasteiger partial charge in [-0.2, -0.15) is 0 Å². The standard InChI is InChI=1S/C24H37N/c1-24-14-8-12-22(24)23-19(10-4-3-7-16-25-2)17-18-9-5-6-11-20(18)21(23)13-15-24/h5-6,9,11,19,21-23,25H,3-4,7-8,10,12-17H2,1-2H3/t19-,21-,22+,23-,24+/m1/s1. The van der Waals surface area contributed by atoms with Crippen LogP contribution in [0.4, 0.5) is 0 Å². The van der Waals surface area contributed by atoms with E-state index in [1.165, 1.54) is 70.8 Å². The van der Waals surface area contributed by atoms with Crippen molar-refractivity contribution in [2.75, 3.05) is 13.6 Å². The molecule has 0 aliphatic heterocycles. The van der Waals surface area contributed by atoms with Crippen LogP contribution >= 0.6 is 0 Å². The first-order chi connectivity index (χ1) is 12.2. The van der Waals surface area contributed by atoms with E-state index in [1.807, 2.05) is 0 Å². The summed E-state index contributed by atoms with van der Waals surface area (Å²) in [6, 6.07) is 9.46. The van der Waals surface area contributed by atoms with Gasteiger partial charge in [0.15, 0.2) is 0 Å². The second-order valence-electron chi connectivity index (χ2n) is 9.49. The first kappa shape index (κ1) is 17.6. The fraction of sp³-hybridized carbons (Fsp3) is 0.750. The average Bonchev–Trinajstić information content (AvgIpc) is 3.03. The van der Waals surface area contributed by atoms with Gasteiger partial charge in [-0.1, -0.05) is 50.5 Å². The van der Waals surface area contributed by atoms with E-state index < -0.39 is 0 Å². The Morgan fingerprint density at radius 1 is 1.08 bits per heavy atom. The van der Waals surface area contributed by atoms with Crippen LogP contribution in [0.15, 0.2) is 24.3 Å². The number of nitrogens with one attached hydrogen (secondary N) is 1. The highest BCUT2D eigenvalue weighted by Gasteiger charge is 2.52. The van der Waals surface area contributed by atoms with Crippen molar-refractivity contribution in [2.24, 2.45) is 23.2 Å². The Bertz CT molecular complexity index is 579. The summed E-state index contributed by atoms with van der Waals surface area (Å²) in [5, 5.41) is 3.30. The molecule has 0 heterocycles. The molecule has 0 bridgehead atoms. The minimum atomic E-state index is 0.665. The molecule has 1 aromatic carbocycles. The predicted molar refractivity (Wildman–Crippen MR) is 107 cm³/mol. The Labute approximate surface area is 155 Å². The molecule has 5 atom stereocenters. The van der Waals surface area contributed by atoms with Crippen molar-refractivity contribution in [3.63, 3.8) is 0 Å². The van der Waals surface area contributed by atoms with E-state index in [2.05, 4.69) is 43.6 Å². The molecule has 3 aliphatic carbocycles. The molecular weight excluding hydrogens is 302 g/mol. The van der Waals surface area contributed by atoms with E-state index in [0.29, 0.717) is 5.41 Å². The lowest BCUT2D eigenvalue weighted by molar-refractivity contribution is 0.0226. The van der Waals surface area contributed by atoms with E-state index in [9.17, 15) is 0 Å². The summed E-state index contributed by atoms with van der Waals surface area (Å²) in [5.41, 5.74) is 4.08. The van der Waals surface area contributed by atoms with Gasteiger partial charge in [0.1, 0.15) is 0 Å². The molecule has 0 saturated heterocycles. The molecule has 0 amide bonds. The van der Waals surface area contributed by atoms with Crippen LogP contribution in [0.25, 0.3) is 0 Å². The van der Waals surface area contributed by atoms with Crippen molar-refractivity contribution >= 4 is 0 Å². The second-order valence-corrected chi connectivity index (χ2v) is 9.49. The highest BCUT2D eigenvalue weighted by Crippen LogP contribution is 2.62. The molecule has 3 aliphatic rings. The Morgan fingerprint density at radius 2 is 1.96 bits per heavy atom. The Balaban J connectivity index is 1.55. The van der Waals surface area contributed by atoms with E-state index in [4.69, 9.17) is 0 Å². The molecule has 1 heteroatoms. The monoisotopic (exact) mass is 339 g/mol. The van der Waals surface area contributed by atoms with Crippen LogP contribution in [0.5, 0.6) is 0 Å². The maximum Gasteiger partial charge on any atom is -0.00519 e. The molecule has 2 saturated carbocycles. The van der Waals surface area contributed by atoms with Crippen molar-refractivity contribution < 1.29 is 0 Å². The number of benzene rings is 1. The highest BCUT2D eigenvalue weighted by molar-refractivity contribution is 5.35. The van der Waals surface area contributed by atoms with E-state index in [0.717, 1.165) is 23.7 Å². The summed E-state index contributed by atoms with van der Waals surface area (Å²) in [4.78, 5) is 0. The molecule has 138 valence electrons. The van der Waals surface area contributed by atoms with Gasteiger partial charge >= 0.3 is 0 Å². The zero-order valence-corrected chi connectivity index (χ0v) is 16.4. The van der Waals surface area contributed by atoms with Gasteiger partial charge in [-0.25, -0.2) is 0 Å². The summed E-state index contributed by atoms with van der Waals surface area (Å²) < 4.78 is 0. The normalized spacial score (nSPS) is 36.6. The van der Waals surface area contributed by atoms with E-state index in [-0.39, 0.29) is 0 Å². The lowest BCUT2D eigenvalue weighted by atomic mass is 9.52. The third kappa shape index (κ3) is 3.29. The Hall–Kier alpha value is -0.820. The number of fused-ring (bicyclic) bond motifs is 5. The summed E-state index contributed by atoms with van der Waals surface area (Å²) in [5.74, 6) is 3.78. The molecule has 2 fully saturated rings. The summed E-state index contributed by atoms with van der Waals surface area (Å²) in [6.07, 6.45) is 14.4. The first-order valence-electron chi connectivity index (χ1n) is 11.0. The van der Waals surface area contributed by atoms with Crippen molar-refractivity contribution in [1.29, 1.82) is 0 Å². The van der Waals surface area contributed by atoms with Crippen molar-refractivity contribution in [2.45, 2.75) is 77.0 Å². The third-order valence-corrected chi connectivity index (χ3v) is 8.10. The summed E-state index contributed by atoms with van der Waals surface area (Å²) >= 11 is 0. The zero-order valence-electron chi connectivity index (χ0n) is 16.4. The Morgan fingerprint density at radius 3 is 2.84 bits per heavy atom. The second kappa shape index (κ2) is 7.43. The van der Waals surface area contributed by atoms with Gasteiger partial charge in [0.05, 0.1) is 0 Å². The van der Waals surface area contributed by atoms with Crippen LogP contribution in [-0.4, -0.2) is 13.6 Å². The summed E-state index contributed by atoms with van der Waals surface area (Å²) in [6.45, 7) is 3.81. The molecule has 1 nitrogen and oxygen atoms in total. The molecule has 0 spiro atoms. The van der Waals surface area contributed by atoms with Crippen molar-refractivity contribution in [3.8, 4) is 0 Å². The highest BCUT2D eigenvalue weighted by atomic mass is 14.8.